The Morgan fingerprint density at radius 1 is 0.808 bits per heavy atom. The quantitative estimate of drug-likeness (QED) is 0.185. The number of allylic oxidation sites excluding steroid dienone is 2. The molecule has 0 spiro atoms. The molecule has 272 valence electrons. The van der Waals surface area contributed by atoms with Gasteiger partial charge in [0.25, 0.3) is 5.56 Å². The summed E-state index contributed by atoms with van der Waals surface area (Å²) in [6, 6.07) is 21.8. The van der Waals surface area contributed by atoms with E-state index < -0.39 is 5.60 Å². The molecule has 3 aromatic heterocycles. The summed E-state index contributed by atoms with van der Waals surface area (Å²) in [5.41, 5.74) is 9.61. The summed E-state index contributed by atoms with van der Waals surface area (Å²) < 4.78 is 3.33. The number of pyridine rings is 1. The van der Waals surface area contributed by atoms with Gasteiger partial charge in [0.15, 0.2) is 11.5 Å². The number of aliphatic hydroxyl groups is 1. The third-order valence-corrected chi connectivity index (χ3v) is 10.1. The molecule has 2 fully saturated rings. The molecule has 0 saturated carbocycles. The van der Waals surface area contributed by atoms with E-state index in [9.17, 15) is 9.90 Å². The molecule has 0 amide bonds. The summed E-state index contributed by atoms with van der Waals surface area (Å²) in [5.74, 6) is 0.911. The van der Waals surface area contributed by atoms with Crippen LogP contribution in [0, 0.1) is 0 Å². The molecule has 52 heavy (non-hydrogen) atoms. The van der Waals surface area contributed by atoms with E-state index in [0.717, 1.165) is 69.4 Å². The molecular weight excluding hydrogens is 655 g/mol. The third-order valence-electron chi connectivity index (χ3n) is 10.1. The second-order valence-electron chi connectivity index (χ2n) is 14.1. The van der Waals surface area contributed by atoms with Gasteiger partial charge in [-0.05, 0) is 82.4 Å². The summed E-state index contributed by atoms with van der Waals surface area (Å²) >= 11 is 0. The fraction of sp³-hybridized carbons (Fsp3) is 0.385. The van der Waals surface area contributed by atoms with Gasteiger partial charge >= 0.3 is 0 Å². The Morgan fingerprint density at radius 3 is 2.15 bits per heavy atom. The summed E-state index contributed by atoms with van der Waals surface area (Å²) in [6.07, 6.45) is 6.71. The maximum atomic E-state index is 13.4. The lowest BCUT2D eigenvalue weighted by Gasteiger charge is -2.34. The predicted octanol–water partition coefficient (Wildman–Crippen LogP) is 4.05. The molecule has 6 heterocycles. The van der Waals surface area contributed by atoms with Gasteiger partial charge < -0.3 is 35.8 Å². The molecule has 3 aliphatic heterocycles. The highest BCUT2D eigenvalue weighted by Crippen LogP contribution is 2.28. The number of likely N-dealkylation sites (N-methyl/N-ethyl adjacent to an activating group) is 2. The fourth-order valence-electron chi connectivity index (χ4n) is 6.87. The Balaban J connectivity index is 0.000000251. The number of hydrogen-bond donors (Lipinski definition) is 3. The fourth-order valence-corrected chi connectivity index (χ4v) is 6.87. The van der Waals surface area contributed by atoms with Crippen molar-refractivity contribution >= 4 is 39.7 Å². The molecule has 4 N–H and O–H groups in total. The van der Waals surface area contributed by atoms with Gasteiger partial charge in [-0.1, -0.05) is 30.4 Å². The standard InChI is InChI=1S/C28H32N8O2.C11H17N3/c1-28(38)12-4-3-5-13-35-26(37)22-19-29-27(32-25(22)36(35)24-11-7-10-23(28)31-24)30-20-8-6-9-21(18-20)34-16-14-33(2)15-17-34;1-13-5-7-14(8-6-13)11-4-2-3-10(12)9-11/h3,5-11,18-19,38H,4,12-17H2,1-2H3,(H,29,30,32);2-4,9H,5-8,12H2,1H3/b5-3-;/t28-;/m0./s1. The highest BCUT2D eigenvalue weighted by Gasteiger charge is 2.26. The van der Waals surface area contributed by atoms with Crippen LogP contribution in [0.2, 0.25) is 0 Å². The van der Waals surface area contributed by atoms with Crippen LogP contribution in [0.5, 0.6) is 0 Å². The van der Waals surface area contributed by atoms with Crippen molar-refractivity contribution in [3.05, 3.63) is 101 Å². The van der Waals surface area contributed by atoms with E-state index in [1.165, 1.54) is 5.69 Å². The van der Waals surface area contributed by atoms with Crippen LogP contribution in [0.4, 0.5) is 28.7 Å². The largest absolute Gasteiger partial charge is 0.399 e. The first-order chi connectivity index (χ1) is 25.1. The Labute approximate surface area is 304 Å². The minimum atomic E-state index is -1.09. The molecule has 1 atom stereocenters. The number of aromatic nitrogens is 5. The van der Waals surface area contributed by atoms with Gasteiger partial charge in [-0.2, -0.15) is 4.98 Å². The van der Waals surface area contributed by atoms with Crippen molar-refractivity contribution in [1.29, 1.82) is 0 Å². The summed E-state index contributed by atoms with van der Waals surface area (Å²) in [7, 11) is 4.31. The highest BCUT2D eigenvalue weighted by molar-refractivity contribution is 5.77. The Hall–Kier alpha value is -5.24. The van der Waals surface area contributed by atoms with E-state index in [4.69, 9.17) is 15.7 Å². The van der Waals surface area contributed by atoms with Crippen LogP contribution in [-0.4, -0.2) is 106 Å². The predicted molar refractivity (Wildman–Crippen MR) is 209 cm³/mol. The number of piperazine rings is 2. The van der Waals surface area contributed by atoms with Crippen LogP contribution >= 0.6 is 0 Å². The first kappa shape index (κ1) is 35.2. The Morgan fingerprint density at radius 2 is 1.46 bits per heavy atom. The second-order valence-corrected chi connectivity index (χ2v) is 14.1. The molecule has 3 aliphatic rings. The zero-order valence-corrected chi connectivity index (χ0v) is 30.3. The van der Waals surface area contributed by atoms with E-state index in [0.29, 0.717) is 47.9 Å². The van der Waals surface area contributed by atoms with Gasteiger partial charge in [-0.15, -0.1) is 0 Å². The summed E-state index contributed by atoms with van der Waals surface area (Å²) in [5, 5.41) is 14.8. The molecule has 13 heteroatoms. The summed E-state index contributed by atoms with van der Waals surface area (Å²) in [6.45, 7) is 10.6. The lowest BCUT2D eigenvalue weighted by atomic mass is 9.95. The average Bonchev–Trinajstić information content (AvgIpc) is 3.41. The van der Waals surface area contributed by atoms with Crippen molar-refractivity contribution in [2.24, 2.45) is 0 Å². The third kappa shape index (κ3) is 7.81. The number of nitrogen functional groups attached to an aromatic ring is 1. The van der Waals surface area contributed by atoms with Gasteiger partial charge in [0, 0.05) is 81.3 Å². The van der Waals surface area contributed by atoms with E-state index in [1.54, 1.807) is 22.5 Å². The first-order valence-electron chi connectivity index (χ1n) is 18.1. The number of anilines is 5. The smallest absolute Gasteiger partial charge is 0.278 e. The van der Waals surface area contributed by atoms with Gasteiger partial charge in [0.2, 0.25) is 5.95 Å². The number of fused-ring (bicyclic) bond motifs is 6. The summed E-state index contributed by atoms with van der Waals surface area (Å²) in [4.78, 5) is 36.8. The molecule has 2 saturated heterocycles. The molecule has 0 aliphatic carbocycles. The van der Waals surface area contributed by atoms with Crippen LogP contribution in [-0.2, 0) is 12.1 Å². The lowest BCUT2D eigenvalue weighted by Crippen LogP contribution is -2.44. The van der Waals surface area contributed by atoms with Gasteiger partial charge in [-0.25, -0.2) is 19.3 Å². The second kappa shape index (κ2) is 15.2. The minimum absolute atomic E-state index is 0.188. The lowest BCUT2D eigenvalue weighted by molar-refractivity contribution is 0.0443. The normalized spacial score (nSPS) is 20.4. The number of nitrogens with one attached hydrogen (secondary N) is 1. The zero-order chi connectivity index (χ0) is 36.2. The monoisotopic (exact) mass is 703 g/mol. The topological polar surface area (TPSA) is 137 Å². The van der Waals surface area contributed by atoms with Crippen molar-refractivity contribution in [2.75, 3.05) is 87.3 Å². The van der Waals surface area contributed by atoms with E-state index in [1.807, 2.05) is 60.7 Å². The Bertz CT molecular complexity index is 2090. The van der Waals surface area contributed by atoms with E-state index in [-0.39, 0.29) is 5.56 Å². The van der Waals surface area contributed by atoms with Crippen molar-refractivity contribution < 1.29 is 5.11 Å². The van der Waals surface area contributed by atoms with Gasteiger partial charge in [0.1, 0.15) is 11.0 Å². The van der Waals surface area contributed by atoms with Crippen LogP contribution < -0.4 is 26.4 Å². The van der Waals surface area contributed by atoms with Gasteiger partial charge in [-0.3, -0.25) is 4.79 Å². The maximum Gasteiger partial charge on any atom is 0.278 e. The number of rotatable bonds is 4. The molecule has 2 aromatic carbocycles. The number of hydrogen-bond acceptors (Lipinski definition) is 11. The van der Waals surface area contributed by atoms with E-state index >= 15 is 0 Å². The van der Waals surface area contributed by atoms with Crippen LogP contribution in [0.25, 0.3) is 16.9 Å². The first-order valence-corrected chi connectivity index (χ1v) is 18.1. The Kier molecular flexibility index (Phi) is 10.3. The number of nitrogens with zero attached hydrogens (tertiary/aromatic N) is 9. The van der Waals surface area contributed by atoms with Crippen molar-refractivity contribution in [3.63, 3.8) is 0 Å². The van der Waals surface area contributed by atoms with Crippen molar-refractivity contribution in [1.82, 2.24) is 34.1 Å². The van der Waals surface area contributed by atoms with Gasteiger partial charge in [0.05, 0.1) is 12.2 Å². The minimum Gasteiger partial charge on any atom is -0.399 e. The molecule has 5 aromatic rings. The van der Waals surface area contributed by atoms with E-state index in [2.05, 4.69) is 62.2 Å². The maximum absolute atomic E-state index is 13.4. The molecule has 2 bridgehead atoms. The highest BCUT2D eigenvalue weighted by atomic mass is 16.3. The molecule has 0 radical (unpaired) electrons. The zero-order valence-electron chi connectivity index (χ0n) is 30.3. The number of benzene rings is 2. The molecular formula is C39H49N11O2. The average molecular weight is 704 g/mol. The molecule has 8 rings (SSSR count). The molecule has 0 unspecified atom stereocenters. The van der Waals surface area contributed by atoms with Crippen LogP contribution in [0.15, 0.2) is 89.9 Å². The number of nitrogens with two attached hydrogens (primary N) is 1. The van der Waals surface area contributed by atoms with Crippen molar-refractivity contribution in [2.45, 2.75) is 31.9 Å². The van der Waals surface area contributed by atoms with Crippen molar-refractivity contribution in [3.8, 4) is 5.82 Å². The molecule has 13 nitrogen and oxygen atoms in total. The SMILES string of the molecule is CN1CCN(c2cccc(N)c2)CC1.CN1CCN(c2cccc(Nc3ncc4c(=O)n5n(c4n3)-c3cccc(n3)[C@@](C)(O)CC/C=C\C5)c2)CC1. The van der Waals surface area contributed by atoms with Crippen LogP contribution in [0.1, 0.15) is 25.5 Å². The van der Waals surface area contributed by atoms with Crippen LogP contribution in [0.3, 0.4) is 0 Å².